The third-order valence-corrected chi connectivity index (χ3v) is 7.49. The number of carbonyl (C=O) groups is 2. The summed E-state index contributed by atoms with van der Waals surface area (Å²) in [5.41, 5.74) is 1.49. The zero-order valence-corrected chi connectivity index (χ0v) is 20.5. The molecule has 0 spiro atoms. The van der Waals surface area contributed by atoms with E-state index in [1.807, 2.05) is 35.9 Å². The van der Waals surface area contributed by atoms with E-state index in [9.17, 15) is 14.7 Å². The summed E-state index contributed by atoms with van der Waals surface area (Å²) in [7, 11) is 1.93. The molecule has 3 aliphatic rings. The average molecular weight is 490 g/mol. The van der Waals surface area contributed by atoms with Crippen LogP contribution in [0.2, 0.25) is 0 Å². The molecule has 1 saturated heterocycles. The molecule has 6 rings (SSSR count). The molecule has 186 valence electrons. The Labute approximate surface area is 208 Å². The number of carbonyl (C=O) groups excluding carboxylic acids is 2. The largest absolute Gasteiger partial charge is 0.380 e. The predicted octanol–water partition coefficient (Wildman–Crippen LogP) is 2.73. The van der Waals surface area contributed by atoms with Crippen LogP contribution in [0.5, 0.6) is 0 Å². The van der Waals surface area contributed by atoms with Crippen LogP contribution < -0.4 is 0 Å². The normalized spacial score (nSPS) is 20.6. The Morgan fingerprint density at radius 3 is 2.53 bits per heavy atom. The maximum atomic E-state index is 15.5. The number of benzene rings is 2. The molecule has 0 radical (unpaired) electrons. The van der Waals surface area contributed by atoms with Crippen molar-refractivity contribution in [3.05, 3.63) is 54.1 Å². The fourth-order valence-corrected chi connectivity index (χ4v) is 5.10. The van der Waals surface area contributed by atoms with Crippen molar-refractivity contribution >= 4 is 28.7 Å². The number of nitrogens with zero attached hydrogens (tertiary/aromatic N) is 5. The van der Waals surface area contributed by atoms with Gasteiger partial charge in [0.15, 0.2) is 0 Å². The van der Waals surface area contributed by atoms with Gasteiger partial charge in [-0.25, -0.2) is 9.37 Å². The number of imidazole rings is 1. The quantitative estimate of drug-likeness (QED) is 0.597. The second-order valence-corrected chi connectivity index (χ2v) is 10.8. The van der Waals surface area contributed by atoms with Gasteiger partial charge in [0.25, 0.3) is 11.8 Å². The molecule has 8 nitrogen and oxygen atoms in total. The lowest BCUT2D eigenvalue weighted by Gasteiger charge is -2.42. The van der Waals surface area contributed by atoms with E-state index < -0.39 is 17.0 Å². The monoisotopic (exact) mass is 489 g/mol. The van der Waals surface area contributed by atoms with Crippen molar-refractivity contribution in [2.75, 3.05) is 19.6 Å². The Hall–Kier alpha value is -3.59. The highest BCUT2D eigenvalue weighted by molar-refractivity contribution is 6.15. The van der Waals surface area contributed by atoms with E-state index in [0.29, 0.717) is 43.9 Å². The predicted molar refractivity (Wildman–Crippen MR) is 133 cm³/mol. The number of aromatic nitrogens is 2. The number of halogens is 1. The van der Waals surface area contributed by atoms with Gasteiger partial charge in [-0.3, -0.25) is 19.5 Å². The van der Waals surface area contributed by atoms with Crippen LogP contribution in [0.1, 0.15) is 32.3 Å². The fourth-order valence-electron chi connectivity index (χ4n) is 5.10. The average Bonchev–Trinajstić information content (AvgIpc) is 3.40. The Balaban J connectivity index is 1.24. The lowest BCUT2D eigenvalue weighted by Crippen LogP contribution is -2.58. The van der Waals surface area contributed by atoms with E-state index in [0.717, 1.165) is 16.6 Å². The third-order valence-electron chi connectivity index (χ3n) is 7.49. The smallest absolute Gasteiger partial charge is 0.255 e. The summed E-state index contributed by atoms with van der Waals surface area (Å²) in [5.74, 6) is -0.505. The summed E-state index contributed by atoms with van der Waals surface area (Å²) in [5, 5.41) is 10.1. The Kier molecular flexibility index (Phi) is 4.89. The van der Waals surface area contributed by atoms with Crippen LogP contribution in [-0.2, 0) is 16.6 Å². The molecule has 3 heterocycles. The van der Waals surface area contributed by atoms with Crippen LogP contribution in [0.3, 0.4) is 0 Å². The van der Waals surface area contributed by atoms with Crippen LogP contribution in [0.15, 0.2) is 47.7 Å². The standard InChI is InChI=1S/C27H28FN5O3/c1-26(2)24(34)33(14-16-12-32(13-16)25(35)27(36)8-9-27)23(30-26)19-6-4-17(10-20(19)28)18-5-7-22-21(11-18)29-15-31(22)3/h4-7,10-11,15-16,36H,8-9,12-14H2,1-3H3. The minimum Gasteiger partial charge on any atom is -0.380 e. The van der Waals surface area contributed by atoms with E-state index in [-0.39, 0.29) is 23.3 Å². The molecule has 0 bridgehead atoms. The molecule has 2 aliphatic heterocycles. The molecule has 0 atom stereocenters. The van der Waals surface area contributed by atoms with Gasteiger partial charge in [-0.1, -0.05) is 12.1 Å². The van der Waals surface area contributed by atoms with Crippen molar-refractivity contribution in [1.29, 1.82) is 0 Å². The van der Waals surface area contributed by atoms with Gasteiger partial charge < -0.3 is 14.6 Å². The van der Waals surface area contributed by atoms with Gasteiger partial charge in [0.2, 0.25) is 0 Å². The molecule has 1 N–H and O–H groups in total. The van der Waals surface area contributed by atoms with E-state index in [1.165, 1.54) is 6.07 Å². The highest BCUT2D eigenvalue weighted by Crippen LogP contribution is 2.39. The van der Waals surface area contributed by atoms with Gasteiger partial charge in [-0.15, -0.1) is 0 Å². The number of rotatable bonds is 5. The van der Waals surface area contributed by atoms with Gasteiger partial charge in [0.1, 0.15) is 22.8 Å². The Morgan fingerprint density at radius 2 is 1.83 bits per heavy atom. The molecule has 2 fully saturated rings. The van der Waals surface area contributed by atoms with Crippen LogP contribution in [0.25, 0.3) is 22.2 Å². The van der Waals surface area contributed by atoms with Crippen LogP contribution >= 0.6 is 0 Å². The van der Waals surface area contributed by atoms with Crippen molar-refractivity contribution in [3.8, 4) is 11.1 Å². The van der Waals surface area contributed by atoms with Crippen molar-refractivity contribution in [3.63, 3.8) is 0 Å². The molecule has 9 heteroatoms. The second kappa shape index (κ2) is 7.70. The summed E-state index contributed by atoms with van der Waals surface area (Å²) in [6.45, 7) is 4.73. The topological polar surface area (TPSA) is 91.0 Å². The number of aliphatic imine (C=N–C) groups is 1. The summed E-state index contributed by atoms with van der Waals surface area (Å²) in [6, 6.07) is 10.8. The minimum absolute atomic E-state index is 0.0479. The first-order valence-corrected chi connectivity index (χ1v) is 12.2. The number of amidine groups is 1. The SMILES string of the molecule is Cn1cnc2cc(-c3ccc(C4=NC(C)(C)C(=O)N4CC4CN(C(=O)C5(O)CC5)C4)c(F)c3)ccc21. The molecule has 2 aromatic carbocycles. The molecule has 2 amide bonds. The van der Waals surface area contributed by atoms with Gasteiger partial charge in [0.05, 0.1) is 22.9 Å². The fraction of sp³-hybridized carbons (Fsp3) is 0.407. The first-order chi connectivity index (χ1) is 17.1. The number of amides is 2. The first kappa shape index (κ1) is 22.8. The second-order valence-electron chi connectivity index (χ2n) is 10.8. The lowest BCUT2D eigenvalue weighted by atomic mass is 9.96. The number of fused-ring (bicyclic) bond motifs is 1. The third kappa shape index (κ3) is 3.61. The summed E-state index contributed by atoms with van der Waals surface area (Å²) in [4.78, 5) is 37.6. The van der Waals surface area contributed by atoms with E-state index >= 15 is 4.39 Å². The molecule has 0 unspecified atom stereocenters. The molecular formula is C27H28FN5O3. The minimum atomic E-state index is -1.19. The van der Waals surface area contributed by atoms with Gasteiger partial charge in [-0.05, 0) is 62.1 Å². The number of aryl methyl sites for hydroxylation is 1. The van der Waals surface area contributed by atoms with Crippen LogP contribution in [0.4, 0.5) is 4.39 Å². The first-order valence-electron chi connectivity index (χ1n) is 12.2. The van der Waals surface area contributed by atoms with Crippen LogP contribution in [0, 0.1) is 11.7 Å². The zero-order chi connectivity index (χ0) is 25.4. The van der Waals surface area contributed by atoms with Crippen molar-refractivity contribution in [1.82, 2.24) is 19.4 Å². The summed E-state index contributed by atoms with van der Waals surface area (Å²) < 4.78 is 17.4. The van der Waals surface area contributed by atoms with Crippen molar-refractivity contribution in [2.24, 2.45) is 18.0 Å². The highest BCUT2D eigenvalue weighted by atomic mass is 19.1. The van der Waals surface area contributed by atoms with E-state index in [2.05, 4.69) is 9.98 Å². The Morgan fingerprint density at radius 1 is 1.14 bits per heavy atom. The molecule has 3 aromatic rings. The lowest BCUT2D eigenvalue weighted by molar-refractivity contribution is -0.149. The van der Waals surface area contributed by atoms with Crippen molar-refractivity contribution in [2.45, 2.75) is 37.8 Å². The molecule has 1 aliphatic carbocycles. The van der Waals surface area contributed by atoms with Crippen LogP contribution in [-0.4, -0.2) is 72.9 Å². The maximum absolute atomic E-state index is 15.5. The van der Waals surface area contributed by atoms with Gasteiger partial charge in [-0.2, -0.15) is 0 Å². The summed E-state index contributed by atoms with van der Waals surface area (Å²) in [6.07, 6.45) is 2.76. The number of hydrogen-bond acceptors (Lipinski definition) is 5. The zero-order valence-electron chi connectivity index (χ0n) is 20.5. The molecule has 36 heavy (non-hydrogen) atoms. The molecular weight excluding hydrogens is 461 g/mol. The van der Waals surface area contributed by atoms with E-state index in [4.69, 9.17) is 0 Å². The maximum Gasteiger partial charge on any atom is 0.255 e. The number of likely N-dealkylation sites (tertiary alicyclic amines) is 1. The highest BCUT2D eigenvalue weighted by Gasteiger charge is 2.53. The Bertz CT molecular complexity index is 1450. The van der Waals surface area contributed by atoms with E-state index in [1.54, 1.807) is 36.0 Å². The molecule has 1 aromatic heterocycles. The number of hydrogen-bond donors (Lipinski definition) is 1. The van der Waals surface area contributed by atoms with Crippen molar-refractivity contribution < 1.29 is 19.1 Å². The van der Waals surface area contributed by atoms with Gasteiger partial charge >= 0.3 is 0 Å². The molecule has 1 saturated carbocycles. The number of aliphatic hydroxyl groups is 1. The van der Waals surface area contributed by atoms with Gasteiger partial charge in [0, 0.05) is 32.6 Å². The summed E-state index contributed by atoms with van der Waals surface area (Å²) >= 11 is 0.